The van der Waals surface area contributed by atoms with Crippen molar-refractivity contribution in [3.8, 4) is 5.75 Å². The fourth-order valence-electron chi connectivity index (χ4n) is 2.96. The van der Waals surface area contributed by atoms with E-state index in [1.54, 1.807) is 0 Å². The van der Waals surface area contributed by atoms with Crippen molar-refractivity contribution in [1.82, 2.24) is 9.55 Å². The zero-order valence-electron chi connectivity index (χ0n) is 14.0. The van der Waals surface area contributed by atoms with E-state index >= 15 is 0 Å². The molecule has 2 aliphatic rings. The summed E-state index contributed by atoms with van der Waals surface area (Å²) in [5.41, 5.74) is -0.547. The van der Waals surface area contributed by atoms with Gasteiger partial charge in [-0.1, -0.05) is 0 Å². The number of hydrogen-bond acceptors (Lipinski definition) is 7. The van der Waals surface area contributed by atoms with Crippen molar-refractivity contribution in [2.45, 2.75) is 31.8 Å². The van der Waals surface area contributed by atoms with E-state index in [4.69, 9.17) is 18.3 Å². The molecule has 144 valence electrons. The van der Waals surface area contributed by atoms with E-state index in [9.17, 15) is 18.9 Å². The van der Waals surface area contributed by atoms with Gasteiger partial charge in [0.25, 0.3) is 5.56 Å². The van der Waals surface area contributed by atoms with E-state index < -0.39 is 31.5 Å². The molecule has 2 aliphatic heterocycles. The highest BCUT2D eigenvalue weighted by Crippen LogP contribution is 2.61. The molecule has 3 unspecified atom stereocenters. The number of aromatic nitrogens is 2. The van der Waals surface area contributed by atoms with Crippen LogP contribution in [0, 0.1) is 5.82 Å². The van der Waals surface area contributed by atoms with Crippen LogP contribution in [0.25, 0.3) is 0 Å². The first kappa shape index (κ1) is 18.3. The molecule has 0 bridgehead atoms. The standard InChI is InChI=1S/C16H16FN2O7P/c17-11-1-3-13-10(7-11)8-23-27(22,26-13)24-9-12-2-4-15(25-12)19-6-5-14(20)18-16(19)21/h1,3,5-7,12,15,22H,2,4,8-9H2/p+1. The Bertz CT molecular complexity index is 964. The summed E-state index contributed by atoms with van der Waals surface area (Å²) in [6.45, 7) is -0.0340. The minimum absolute atomic E-state index is 0.00455. The Morgan fingerprint density at radius 3 is 3.00 bits per heavy atom. The van der Waals surface area contributed by atoms with Crippen LogP contribution >= 0.6 is 8.17 Å². The lowest BCUT2D eigenvalue weighted by molar-refractivity contribution is -0.0301. The minimum Gasteiger partial charge on any atom is -0.352 e. The number of ether oxygens (including phenoxy) is 1. The minimum atomic E-state index is -3.59. The van der Waals surface area contributed by atoms with E-state index in [1.807, 2.05) is 0 Å². The van der Waals surface area contributed by atoms with Crippen molar-refractivity contribution in [3.05, 3.63) is 62.7 Å². The zero-order chi connectivity index (χ0) is 19.0. The second kappa shape index (κ2) is 7.14. The van der Waals surface area contributed by atoms with Crippen LogP contribution in [0.5, 0.6) is 5.75 Å². The van der Waals surface area contributed by atoms with E-state index in [-0.39, 0.29) is 19.3 Å². The largest absolute Gasteiger partial charge is 0.619 e. The Kier molecular flexibility index (Phi) is 4.83. The molecule has 1 aromatic heterocycles. The molecule has 0 amide bonds. The molecule has 1 saturated heterocycles. The van der Waals surface area contributed by atoms with Crippen LogP contribution in [-0.2, 0) is 20.4 Å². The molecule has 0 saturated carbocycles. The topological polar surface area (TPSA) is 112 Å². The van der Waals surface area contributed by atoms with Gasteiger partial charge in [0.15, 0.2) is 5.75 Å². The number of aromatic amines is 1. The molecule has 4 rings (SSSR count). The monoisotopic (exact) mass is 399 g/mol. The quantitative estimate of drug-likeness (QED) is 0.752. The van der Waals surface area contributed by atoms with Gasteiger partial charge in [0.2, 0.25) is 0 Å². The normalized spacial score (nSPS) is 27.2. The zero-order valence-corrected chi connectivity index (χ0v) is 14.9. The summed E-state index contributed by atoms with van der Waals surface area (Å²) in [4.78, 5) is 35.5. The van der Waals surface area contributed by atoms with Crippen LogP contribution in [0.15, 0.2) is 40.1 Å². The maximum absolute atomic E-state index is 13.2. The van der Waals surface area contributed by atoms with Gasteiger partial charge in [0.05, 0.1) is 6.10 Å². The Hall–Kier alpha value is -2.10. The molecule has 2 aromatic rings. The maximum Gasteiger partial charge on any atom is 0.619 e. The van der Waals surface area contributed by atoms with Gasteiger partial charge in [-0.25, -0.2) is 9.18 Å². The van der Waals surface area contributed by atoms with Crippen LogP contribution in [0.4, 0.5) is 4.39 Å². The van der Waals surface area contributed by atoms with Gasteiger partial charge in [-0.15, -0.1) is 9.05 Å². The summed E-state index contributed by atoms with van der Waals surface area (Å²) in [7, 11) is -3.59. The summed E-state index contributed by atoms with van der Waals surface area (Å²) in [6.07, 6.45) is 1.57. The molecule has 1 fully saturated rings. The molecule has 11 heteroatoms. The van der Waals surface area contributed by atoms with Crippen LogP contribution in [0.2, 0.25) is 0 Å². The summed E-state index contributed by atoms with van der Waals surface area (Å²) in [5, 5.41) is 0. The van der Waals surface area contributed by atoms with Gasteiger partial charge < -0.3 is 4.74 Å². The average Bonchev–Trinajstić information content (AvgIpc) is 3.09. The summed E-state index contributed by atoms with van der Waals surface area (Å²) >= 11 is 0. The second-order valence-corrected chi connectivity index (χ2v) is 7.82. The Morgan fingerprint density at radius 1 is 1.33 bits per heavy atom. The molecule has 9 nitrogen and oxygen atoms in total. The van der Waals surface area contributed by atoms with E-state index in [2.05, 4.69) is 4.98 Å². The molecule has 0 spiro atoms. The van der Waals surface area contributed by atoms with Crippen LogP contribution in [0.3, 0.4) is 0 Å². The number of benzene rings is 1. The van der Waals surface area contributed by atoms with Gasteiger partial charge in [-0.2, -0.15) is 4.89 Å². The van der Waals surface area contributed by atoms with Crippen molar-refractivity contribution in [2.24, 2.45) is 0 Å². The van der Waals surface area contributed by atoms with Gasteiger partial charge in [-0.05, 0) is 31.0 Å². The van der Waals surface area contributed by atoms with E-state index in [0.717, 1.165) is 0 Å². The lowest BCUT2D eigenvalue weighted by Gasteiger charge is -2.22. The molecule has 3 heterocycles. The van der Waals surface area contributed by atoms with Gasteiger partial charge >= 0.3 is 13.9 Å². The first-order chi connectivity index (χ1) is 12.9. The number of hydrogen-bond donors (Lipinski definition) is 2. The highest BCUT2D eigenvalue weighted by Gasteiger charge is 2.51. The summed E-state index contributed by atoms with van der Waals surface area (Å²) in [6, 6.07) is 5.14. The average molecular weight is 399 g/mol. The molecule has 0 radical (unpaired) electrons. The molecular weight excluding hydrogens is 382 g/mol. The third-order valence-corrected chi connectivity index (χ3v) is 5.65. The molecule has 27 heavy (non-hydrogen) atoms. The van der Waals surface area contributed by atoms with Gasteiger partial charge in [0, 0.05) is 17.8 Å². The third kappa shape index (κ3) is 3.95. The van der Waals surface area contributed by atoms with E-state index in [0.29, 0.717) is 24.2 Å². The number of nitrogens with zero attached hydrogens (tertiary/aromatic N) is 1. The summed E-state index contributed by atoms with van der Waals surface area (Å²) < 4.78 is 36.3. The maximum atomic E-state index is 13.2. The van der Waals surface area contributed by atoms with Crippen molar-refractivity contribution in [2.75, 3.05) is 6.61 Å². The first-order valence-corrected chi connectivity index (χ1v) is 9.77. The Labute approximate surface area is 152 Å². The third-order valence-electron chi connectivity index (χ3n) is 4.29. The number of rotatable bonds is 4. The Morgan fingerprint density at radius 2 is 2.19 bits per heavy atom. The second-order valence-electron chi connectivity index (χ2n) is 6.19. The highest BCUT2D eigenvalue weighted by atomic mass is 31.2. The molecule has 2 N–H and O–H groups in total. The van der Waals surface area contributed by atoms with Crippen molar-refractivity contribution < 1.29 is 27.6 Å². The van der Waals surface area contributed by atoms with Crippen molar-refractivity contribution in [1.29, 1.82) is 0 Å². The molecule has 0 aliphatic carbocycles. The highest BCUT2D eigenvalue weighted by molar-refractivity contribution is 7.55. The van der Waals surface area contributed by atoms with Crippen molar-refractivity contribution in [3.63, 3.8) is 0 Å². The predicted molar refractivity (Wildman–Crippen MR) is 91.4 cm³/mol. The number of halogens is 1. The van der Waals surface area contributed by atoms with Crippen molar-refractivity contribution >= 4 is 8.17 Å². The lowest BCUT2D eigenvalue weighted by Crippen LogP contribution is -2.31. The predicted octanol–water partition coefficient (Wildman–Crippen LogP) is 1.65. The fraction of sp³-hybridized carbons (Fsp3) is 0.375. The molecule has 1 aromatic carbocycles. The van der Waals surface area contributed by atoms with Gasteiger partial charge in [0.1, 0.15) is 25.3 Å². The fourth-order valence-corrected chi connectivity index (χ4v) is 4.22. The van der Waals surface area contributed by atoms with Crippen LogP contribution < -0.4 is 15.8 Å². The molecular formula is C16H17FN2O7P+. The van der Waals surface area contributed by atoms with E-state index in [1.165, 1.54) is 35.0 Å². The van der Waals surface area contributed by atoms with Gasteiger partial charge in [-0.3, -0.25) is 18.9 Å². The lowest BCUT2D eigenvalue weighted by atomic mass is 10.2. The number of H-pyrrole nitrogens is 1. The smallest absolute Gasteiger partial charge is 0.352 e. The Balaban J connectivity index is 1.36. The first-order valence-electron chi connectivity index (χ1n) is 8.28. The number of fused-ring (bicyclic) bond motifs is 1. The SMILES string of the molecule is O=c1ccn(C2CCC(CO[P+]3(O)OCc4cc(F)ccc4O3)O2)c(=O)[nH]1. The number of nitrogens with one attached hydrogen (secondary N) is 1. The van der Waals surface area contributed by atoms with Crippen LogP contribution in [0.1, 0.15) is 24.6 Å². The molecule has 3 atom stereocenters. The van der Waals surface area contributed by atoms with Crippen LogP contribution in [-0.4, -0.2) is 27.2 Å². The summed E-state index contributed by atoms with van der Waals surface area (Å²) in [5.74, 6) is -0.114.